The average Bonchev–Trinajstić information content (AvgIpc) is 2.35. The van der Waals surface area contributed by atoms with Crippen molar-refractivity contribution in [3.05, 3.63) is 28.3 Å². The van der Waals surface area contributed by atoms with Gasteiger partial charge < -0.3 is 10.6 Å². The van der Waals surface area contributed by atoms with Gasteiger partial charge in [0.1, 0.15) is 0 Å². The quantitative estimate of drug-likeness (QED) is 0.592. The first-order valence-corrected chi connectivity index (χ1v) is 7.65. The fourth-order valence-electron chi connectivity index (χ4n) is 1.50. The maximum atomic E-state index is 11.3. The second-order valence-corrected chi connectivity index (χ2v) is 6.05. The third-order valence-electron chi connectivity index (χ3n) is 2.67. The summed E-state index contributed by atoms with van der Waals surface area (Å²) in [5.74, 6) is 0. The van der Waals surface area contributed by atoms with E-state index < -0.39 is 15.7 Å². The lowest BCUT2D eigenvalue weighted by molar-refractivity contribution is -0.384. The van der Waals surface area contributed by atoms with E-state index in [1.165, 1.54) is 12.1 Å². The van der Waals surface area contributed by atoms with Gasteiger partial charge in [0.2, 0.25) is 0 Å². The minimum absolute atomic E-state index is 0.0122. The first kappa shape index (κ1) is 15.4. The Bertz CT molecular complexity index is 479. The van der Waals surface area contributed by atoms with Gasteiger partial charge in [0.15, 0.2) is 0 Å². The minimum Gasteiger partial charge on any atom is -0.385 e. The maximum absolute atomic E-state index is 11.3. The zero-order chi connectivity index (χ0) is 14.4. The molecule has 0 spiro atoms. The minimum atomic E-state index is -0.919. The molecule has 0 amide bonds. The van der Waals surface area contributed by atoms with Crippen LogP contribution in [0.4, 0.5) is 17.1 Å². The van der Waals surface area contributed by atoms with Gasteiger partial charge in [-0.05, 0) is 19.9 Å². The molecule has 0 aromatic heterocycles. The zero-order valence-electron chi connectivity index (χ0n) is 11.3. The molecule has 2 unspecified atom stereocenters. The van der Waals surface area contributed by atoms with E-state index in [4.69, 9.17) is 0 Å². The Morgan fingerprint density at radius 3 is 2.37 bits per heavy atom. The molecular formula is C12H19N3O3S. The third kappa shape index (κ3) is 4.86. The van der Waals surface area contributed by atoms with Gasteiger partial charge in [-0.1, -0.05) is 0 Å². The smallest absolute Gasteiger partial charge is 0.273 e. The average molecular weight is 285 g/mol. The molecule has 1 rings (SSSR count). The largest absolute Gasteiger partial charge is 0.385 e. The second kappa shape index (κ2) is 7.08. The van der Waals surface area contributed by atoms with Gasteiger partial charge in [-0.3, -0.25) is 14.3 Å². The molecule has 106 valence electrons. The van der Waals surface area contributed by atoms with Gasteiger partial charge in [0.05, 0.1) is 4.92 Å². The van der Waals surface area contributed by atoms with Crippen LogP contribution in [0.3, 0.4) is 0 Å². The summed E-state index contributed by atoms with van der Waals surface area (Å²) in [4.78, 5) is 10.4. The summed E-state index contributed by atoms with van der Waals surface area (Å²) in [6.45, 7) is 4.99. The first-order chi connectivity index (χ1) is 8.93. The molecule has 0 aliphatic heterocycles. The van der Waals surface area contributed by atoms with Gasteiger partial charge in [0, 0.05) is 58.9 Å². The van der Waals surface area contributed by atoms with Crippen LogP contribution in [0.5, 0.6) is 0 Å². The molecule has 0 fully saturated rings. The van der Waals surface area contributed by atoms with Crippen molar-refractivity contribution in [2.24, 2.45) is 0 Å². The van der Waals surface area contributed by atoms with E-state index in [-0.39, 0.29) is 10.9 Å². The summed E-state index contributed by atoms with van der Waals surface area (Å²) in [7, 11) is -0.919. The fourth-order valence-corrected chi connectivity index (χ4v) is 1.82. The SMILES string of the molecule is CCNc1cc(NCC(C)S(C)=O)cc([N+](=O)[O-])c1. The molecule has 0 saturated heterocycles. The van der Waals surface area contributed by atoms with E-state index in [2.05, 4.69) is 10.6 Å². The Morgan fingerprint density at radius 2 is 1.89 bits per heavy atom. The lowest BCUT2D eigenvalue weighted by atomic mass is 10.2. The number of nitrogens with zero attached hydrogens (tertiary/aromatic N) is 1. The van der Waals surface area contributed by atoms with E-state index in [0.29, 0.717) is 24.5 Å². The molecule has 0 radical (unpaired) electrons. The van der Waals surface area contributed by atoms with Crippen molar-refractivity contribution in [2.45, 2.75) is 19.1 Å². The van der Waals surface area contributed by atoms with E-state index in [0.717, 1.165) is 0 Å². The predicted octanol–water partition coefficient (Wildman–Crippen LogP) is 2.21. The Morgan fingerprint density at radius 1 is 1.32 bits per heavy atom. The molecular weight excluding hydrogens is 266 g/mol. The van der Waals surface area contributed by atoms with Crippen molar-refractivity contribution in [1.29, 1.82) is 0 Å². The van der Waals surface area contributed by atoms with Crippen molar-refractivity contribution in [3.63, 3.8) is 0 Å². The summed E-state index contributed by atoms with van der Waals surface area (Å²) in [5, 5.41) is 17.0. The lowest BCUT2D eigenvalue weighted by Crippen LogP contribution is -2.20. The Balaban J connectivity index is 2.87. The standard InChI is InChI=1S/C12H19N3O3S/c1-4-13-10-5-11(7-12(6-10)15(16)17)14-8-9(2)19(3)18/h5-7,9,13-14H,4,8H2,1-3H3. The molecule has 0 aliphatic carbocycles. The summed E-state index contributed by atoms with van der Waals surface area (Å²) in [5.41, 5.74) is 1.39. The molecule has 0 bridgehead atoms. The summed E-state index contributed by atoms with van der Waals surface area (Å²) in [6, 6.07) is 4.78. The van der Waals surface area contributed by atoms with Crippen LogP contribution < -0.4 is 10.6 Å². The number of hydrogen-bond donors (Lipinski definition) is 2. The van der Waals surface area contributed by atoms with E-state index in [1.807, 2.05) is 19.9 Å². The van der Waals surface area contributed by atoms with E-state index in [1.54, 1.807) is 6.26 Å². The van der Waals surface area contributed by atoms with Crippen LogP contribution >= 0.6 is 0 Å². The molecule has 19 heavy (non-hydrogen) atoms. The summed E-state index contributed by atoms with van der Waals surface area (Å²) in [6.07, 6.45) is 1.64. The number of nitro groups is 1. The van der Waals surface area contributed by atoms with Crippen molar-refractivity contribution in [2.75, 3.05) is 30.0 Å². The second-order valence-electron chi connectivity index (χ2n) is 4.25. The lowest BCUT2D eigenvalue weighted by Gasteiger charge is -2.12. The molecule has 7 heteroatoms. The van der Waals surface area contributed by atoms with Crippen LogP contribution in [-0.4, -0.2) is 33.7 Å². The zero-order valence-corrected chi connectivity index (χ0v) is 12.1. The van der Waals surface area contributed by atoms with Crippen LogP contribution in [0.15, 0.2) is 18.2 Å². The van der Waals surface area contributed by atoms with Crippen LogP contribution in [0.1, 0.15) is 13.8 Å². The maximum Gasteiger partial charge on any atom is 0.273 e. The number of non-ortho nitro benzene ring substituents is 1. The highest BCUT2D eigenvalue weighted by Crippen LogP contribution is 2.24. The van der Waals surface area contributed by atoms with Gasteiger partial charge in [0.25, 0.3) is 5.69 Å². The van der Waals surface area contributed by atoms with Crippen LogP contribution in [0, 0.1) is 10.1 Å². The molecule has 1 aromatic rings. The van der Waals surface area contributed by atoms with Crippen molar-refractivity contribution in [3.8, 4) is 0 Å². The molecule has 1 aromatic carbocycles. The number of rotatable bonds is 7. The van der Waals surface area contributed by atoms with Crippen LogP contribution in [-0.2, 0) is 10.8 Å². The Hall–Kier alpha value is -1.63. The summed E-state index contributed by atoms with van der Waals surface area (Å²) < 4.78 is 11.3. The van der Waals surface area contributed by atoms with Crippen molar-refractivity contribution in [1.82, 2.24) is 0 Å². The Kier molecular flexibility index (Phi) is 5.75. The van der Waals surface area contributed by atoms with E-state index in [9.17, 15) is 14.3 Å². The molecule has 6 nitrogen and oxygen atoms in total. The first-order valence-electron chi connectivity index (χ1n) is 6.03. The van der Waals surface area contributed by atoms with Crippen LogP contribution in [0.2, 0.25) is 0 Å². The highest BCUT2D eigenvalue weighted by atomic mass is 32.2. The Labute approximate surface area is 115 Å². The number of nitrogens with one attached hydrogen (secondary N) is 2. The van der Waals surface area contributed by atoms with Crippen molar-refractivity contribution < 1.29 is 9.13 Å². The number of anilines is 2. The highest BCUT2D eigenvalue weighted by Gasteiger charge is 2.11. The fraction of sp³-hybridized carbons (Fsp3) is 0.500. The number of nitro benzene ring substituents is 1. The molecule has 0 heterocycles. The predicted molar refractivity (Wildman–Crippen MR) is 79.3 cm³/mol. The molecule has 2 atom stereocenters. The van der Waals surface area contributed by atoms with Gasteiger partial charge >= 0.3 is 0 Å². The third-order valence-corrected chi connectivity index (χ3v) is 3.97. The number of benzene rings is 1. The normalized spacial score (nSPS) is 13.6. The number of hydrogen-bond acceptors (Lipinski definition) is 5. The van der Waals surface area contributed by atoms with E-state index >= 15 is 0 Å². The van der Waals surface area contributed by atoms with Crippen LogP contribution in [0.25, 0.3) is 0 Å². The monoisotopic (exact) mass is 285 g/mol. The van der Waals surface area contributed by atoms with Crippen molar-refractivity contribution >= 4 is 27.9 Å². The topological polar surface area (TPSA) is 84.3 Å². The van der Waals surface area contributed by atoms with Gasteiger partial charge in [-0.2, -0.15) is 0 Å². The highest BCUT2D eigenvalue weighted by molar-refractivity contribution is 7.84. The van der Waals surface area contributed by atoms with Gasteiger partial charge in [-0.15, -0.1) is 0 Å². The summed E-state index contributed by atoms with van der Waals surface area (Å²) >= 11 is 0. The van der Waals surface area contributed by atoms with Gasteiger partial charge in [-0.25, -0.2) is 0 Å². The molecule has 0 saturated carbocycles. The molecule has 2 N–H and O–H groups in total. The molecule has 0 aliphatic rings.